The average molecular weight is 479 g/mol. The number of nitrogens with zero attached hydrogens (tertiary/aromatic N) is 3. The maximum atomic E-state index is 12.9. The fraction of sp³-hybridized carbons (Fsp3) is 0.143. The van der Waals surface area contributed by atoms with Crippen molar-refractivity contribution in [2.75, 3.05) is 7.11 Å². The number of alkyl halides is 3. The predicted molar refractivity (Wildman–Crippen MR) is 112 cm³/mol. The molecule has 172 valence electrons. The van der Waals surface area contributed by atoms with E-state index in [1.165, 1.54) is 17.9 Å². The zero-order valence-electron chi connectivity index (χ0n) is 16.9. The number of imidazole rings is 1. The lowest BCUT2D eigenvalue weighted by Gasteiger charge is -2.10. The minimum Gasteiger partial charge on any atom is -0.494 e. The monoisotopic (exact) mass is 479 g/mol. The molecule has 8 nitrogen and oxygen atoms in total. The van der Waals surface area contributed by atoms with Gasteiger partial charge in [-0.15, -0.1) is 0 Å². The van der Waals surface area contributed by atoms with Gasteiger partial charge < -0.3 is 9.84 Å². The summed E-state index contributed by atoms with van der Waals surface area (Å²) >= 11 is 0. The van der Waals surface area contributed by atoms with Crippen molar-refractivity contribution in [3.63, 3.8) is 0 Å². The molecule has 2 aromatic heterocycles. The number of ether oxygens (including phenoxy) is 1. The smallest absolute Gasteiger partial charge is 0.494 e. The van der Waals surface area contributed by atoms with Gasteiger partial charge in [0.2, 0.25) is 5.88 Å². The number of hydrogen-bond donors (Lipinski definition) is 1. The highest BCUT2D eigenvalue weighted by molar-refractivity contribution is 7.92. The SMILES string of the molecule is COc1cccc2c(Cn3cc(O)n(-c4ccc(S(=O)(=O)C(F)(F)F)cc4)c3=O)ccnc12. The van der Waals surface area contributed by atoms with Gasteiger partial charge in [0.05, 0.1) is 30.4 Å². The molecule has 0 spiro atoms. The van der Waals surface area contributed by atoms with E-state index in [-0.39, 0.29) is 12.2 Å². The second-order valence-electron chi connectivity index (χ2n) is 7.00. The number of pyridine rings is 1. The van der Waals surface area contributed by atoms with Crippen molar-refractivity contribution in [2.24, 2.45) is 0 Å². The minimum absolute atomic E-state index is 0.00127. The van der Waals surface area contributed by atoms with Crippen LogP contribution >= 0.6 is 0 Å². The van der Waals surface area contributed by atoms with Gasteiger partial charge in [-0.1, -0.05) is 12.1 Å². The van der Waals surface area contributed by atoms with Crippen LogP contribution in [0.5, 0.6) is 11.6 Å². The van der Waals surface area contributed by atoms with Crippen molar-refractivity contribution in [2.45, 2.75) is 16.9 Å². The first kappa shape index (κ1) is 22.4. The normalized spacial score (nSPS) is 12.2. The average Bonchev–Trinajstić information content (AvgIpc) is 3.05. The van der Waals surface area contributed by atoms with Gasteiger partial charge in [0, 0.05) is 11.6 Å². The highest BCUT2D eigenvalue weighted by Crippen LogP contribution is 2.31. The van der Waals surface area contributed by atoms with Crippen LogP contribution < -0.4 is 10.4 Å². The van der Waals surface area contributed by atoms with Crippen LogP contribution in [0.4, 0.5) is 13.2 Å². The largest absolute Gasteiger partial charge is 0.501 e. The van der Waals surface area contributed by atoms with E-state index in [2.05, 4.69) is 4.98 Å². The fourth-order valence-corrected chi connectivity index (χ4v) is 4.20. The van der Waals surface area contributed by atoms with E-state index in [4.69, 9.17) is 4.74 Å². The third-order valence-electron chi connectivity index (χ3n) is 5.03. The third kappa shape index (κ3) is 3.82. The van der Waals surface area contributed by atoms with Crippen LogP contribution in [0.25, 0.3) is 16.6 Å². The Balaban J connectivity index is 1.72. The summed E-state index contributed by atoms with van der Waals surface area (Å²) in [5.74, 6) is 0.0818. The van der Waals surface area contributed by atoms with Crippen LogP contribution in [0.1, 0.15) is 5.56 Å². The molecule has 0 amide bonds. The minimum atomic E-state index is -5.53. The van der Waals surface area contributed by atoms with Crippen LogP contribution in [0.3, 0.4) is 0 Å². The van der Waals surface area contributed by atoms with E-state index in [0.29, 0.717) is 16.8 Å². The molecule has 0 saturated heterocycles. The van der Waals surface area contributed by atoms with Crippen LogP contribution in [0.2, 0.25) is 0 Å². The third-order valence-corrected chi connectivity index (χ3v) is 6.53. The van der Waals surface area contributed by atoms with Gasteiger partial charge in [-0.3, -0.25) is 9.55 Å². The van der Waals surface area contributed by atoms with E-state index in [1.807, 2.05) is 6.07 Å². The number of fused-ring (bicyclic) bond motifs is 1. The van der Waals surface area contributed by atoms with Gasteiger partial charge in [-0.2, -0.15) is 13.2 Å². The lowest BCUT2D eigenvalue weighted by molar-refractivity contribution is -0.0436. The molecule has 2 heterocycles. The summed E-state index contributed by atoms with van der Waals surface area (Å²) in [5.41, 5.74) is -4.82. The second kappa shape index (κ2) is 7.96. The summed E-state index contributed by atoms with van der Waals surface area (Å²) < 4.78 is 68.7. The van der Waals surface area contributed by atoms with E-state index in [9.17, 15) is 31.5 Å². The molecule has 4 rings (SSSR count). The van der Waals surface area contributed by atoms with Crippen molar-refractivity contribution in [3.8, 4) is 17.3 Å². The molecular weight excluding hydrogens is 463 g/mol. The number of methoxy groups -OCH3 is 1. The molecule has 0 unspecified atom stereocenters. The molecule has 0 aliphatic carbocycles. The molecule has 0 aliphatic rings. The Morgan fingerprint density at radius 2 is 1.79 bits per heavy atom. The van der Waals surface area contributed by atoms with E-state index >= 15 is 0 Å². The molecule has 0 aliphatic heterocycles. The van der Waals surface area contributed by atoms with Crippen molar-refractivity contribution in [3.05, 3.63) is 77.0 Å². The maximum absolute atomic E-state index is 12.9. The molecule has 0 bridgehead atoms. The van der Waals surface area contributed by atoms with Gasteiger partial charge in [0.1, 0.15) is 11.3 Å². The molecular formula is C21H16F3N3O5S. The molecule has 33 heavy (non-hydrogen) atoms. The molecule has 12 heteroatoms. The molecule has 0 saturated carbocycles. The molecule has 0 radical (unpaired) electrons. The topological polar surface area (TPSA) is 103 Å². The highest BCUT2D eigenvalue weighted by Gasteiger charge is 2.46. The number of rotatable bonds is 5. The summed E-state index contributed by atoms with van der Waals surface area (Å²) in [4.78, 5) is 16.2. The molecule has 4 aromatic rings. The summed E-state index contributed by atoms with van der Waals surface area (Å²) in [6.45, 7) is 0.0616. The van der Waals surface area contributed by atoms with Crippen molar-refractivity contribution in [1.82, 2.24) is 14.1 Å². The van der Waals surface area contributed by atoms with Crippen LogP contribution in [-0.4, -0.2) is 40.3 Å². The van der Waals surface area contributed by atoms with Gasteiger partial charge in [-0.05, 0) is 42.0 Å². The van der Waals surface area contributed by atoms with Gasteiger partial charge in [0.25, 0.3) is 9.84 Å². The van der Waals surface area contributed by atoms with Crippen LogP contribution in [-0.2, 0) is 16.4 Å². The zero-order chi connectivity index (χ0) is 24.0. The van der Waals surface area contributed by atoms with Crippen LogP contribution in [0, 0.1) is 0 Å². The fourth-order valence-electron chi connectivity index (χ4n) is 3.44. The quantitative estimate of drug-likeness (QED) is 0.472. The summed E-state index contributed by atoms with van der Waals surface area (Å²) in [6.07, 6.45) is 2.73. The molecule has 0 fully saturated rings. The summed E-state index contributed by atoms with van der Waals surface area (Å²) in [6, 6.07) is 10.5. The van der Waals surface area contributed by atoms with Crippen LogP contribution in [0.15, 0.2) is 70.6 Å². The van der Waals surface area contributed by atoms with Crippen molar-refractivity contribution >= 4 is 20.7 Å². The lowest BCUT2D eigenvalue weighted by Crippen LogP contribution is -2.24. The molecule has 1 N–H and O–H groups in total. The Morgan fingerprint density at radius 1 is 1.09 bits per heavy atom. The number of aromatic hydroxyl groups is 1. The number of benzene rings is 2. The maximum Gasteiger partial charge on any atom is 0.501 e. The number of aromatic nitrogens is 3. The van der Waals surface area contributed by atoms with E-state index in [0.717, 1.165) is 34.2 Å². The Hall–Kier alpha value is -3.80. The predicted octanol–water partition coefficient (Wildman–Crippen LogP) is 3.24. The van der Waals surface area contributed by atoms with Crippen molar-refractivity contribution < 1.29 is 31.4 Å². The first-order valence-electron chi connectivity index (χ1n) is 9.38. The Bertz CT molecular complexity index is 1510. The summed E-state index contributed by atoms with van der Waals surface area (Å²) in [7, 11) is -4.02. The first-order valence-corrected chi connectivity index (χ1v) is 10.9. The first-order chi connectivity index (χ1) is 15.5. The Morgan fingerprint density at radius 3 is 2.42 bits per heavy atom. The van der Waals surface area contributed by atoms with Gasteiger partial charge in [-0.25, -0.2) is 17.8 Å². The number of para-hydroxylation sites is 1. The lowest BCUT2D eigenvalue weighted by atomic mass is 10.1. The molecule has 2 aromatic carbocycles. The number of hydrogen-bond acceptors (Lipinski definition) is 6. The number of halogens is 3. The Kier molecular flexibility index (Phi) is 5.40. The standard InChI is InChI=1S/C21H16F3N3O5S/c1-32-17-4-2-3-16-13(9-10-25-19(16)17)11-26-12-18(28)27(20(26)29)14-5-7-15(8-6-14)33(30,31)21(22,23)24/h2-10,12,28H,11H2,1H3. The Labute approximate surface area is 185 Å². The molecule has 0 atom stereocenters. The van der Waals surface area contributed by atoms with Gasteiger partial charge >= 0.3 is 11.2 Å². The van der Waals surface area contributed by atoms with Crippen molar-refractivity contribution in [1.29, 1.82) is 0 Å². The van der Waals surface area contributed by atoms with Gasteiger partial charge in [0.15, 0.2) is 0 Å². The van der Waals surface area contributed by atoms with E-state index < -0.39 is 31.8 Å². The number of sulfone groups is 1. The highest BCUT2D eigenvalue weighted by atomic mass is 32.2. The second-order valence-corrected chi connectivity index (χ2v) is 8.94. The summed E-state index contributed by atoms with van der Waals surface area (Å²) in [5, 5.41) is 11.0. The zero-order valence-corrected chi connectivity index (χ0v) is 17.8. The van der Waals surface area contributed by atoms with E-state index in [1.54, 1.807) is 24.4 Å².